The zero-order valence-electron chi connectivity index (χ0n) is 11.7. The summed E-state index contributed by atoms with van der Waals surface area (Å²) in [6.45, 7) is 6.27. The number of H-pyrrole nitrogens is 1. The number of rotatable bonds is 3. The maximum atomic E-state index is 12.4. The lowest BCUT2D eigenvalue weighted by Gasteiger charge is -2.17. The molecule has 100 valence electrons. The van der Waals surface area contributed by atoms with Gasteiger partial charge in [0.15, 0.2) is 0 Å². The van der Waals surface area contributed by atoms with Crippen LogP contribution in [0.1, 0.15) is 33.0 Å². The van der Waals surface area contributed by atoms with E-state index >= 15 is 0 Å². The molecule has 0 aliphatic rings. The van der Waals surface area contributed by atoms with Gasteiger partial charge in [0.1, 0.15) is 0 Å². The summed E-state index contributed by atoms with van der Waals surface area (Å²) in [6.07, 6.45) is 1.75. The first kappa shape index (κ1) is 13.3. The molecule has 0 unspecified atom stereocenters. The molecule has 0 atom stereocenters. The maximum absolute atomic E-state index is 12.4. The Morgan fingerprint density at radius 3 is 2.42 bits per heavy atom. The highest BCUT2D eigenvalue weighted by Crippen LogP contribution is 2.11. The molecule has 0 saturated heterocycles. The van der Waals surface area contributed by atoms with Crippen LogP contribution >= 0.6 is 0 Å². The largest absolute Gasteiger partial charge is 0.337 e. The summed E-state index contributed by atoms with van der Waals surface area (Å²) in [6, 6.07) is 3.63. The van der Waals surface area contributed by atoms with Crippen LogP contribution in [0.4, 0.5) is 0 Å². The maximum Gasteiger partial charge on any atom is 0.254 e. The lowest BCUT2D eigenvalue weighted by atomic mass is 10.1. The minimum atomic E-state index is -0.00537. The van der Waals surface area contributed by atoms with E-state index in [1.165, 1.54) is 0 Å². The Morgan fingerprint density at radius 2 is 1.89 bits per heavy atom. The van der Waals surface area contributed by atoms with E-state index in [0.717, 1.165) is 22.6 Å². The fourth-order valence-corrected chi connectivity index (χ4v) is 2.04. The van der Waals surface area contributed by atoms with Crippen LogP contribution in [0, 0.1) is 20.8 Å². The molecule has 0 fully saturated rings. The molecule has 1 N–H and O–H groups in total. The summed E-state index contributed by atoms with van der Waals surface area (Å²) in [4.78, 5) is 18.3. The van der Waals surface area contributed by atoms with Crippen LogP contribution in [0.2, 0.25) is 0 Å². The van der Waals surface area contributed by atoms with Crippen LogP contribution in [0.5, 0.6) is 0 Å². The number of hydrogen-bond donors (Lipinski definition) is 1. The van der Waals surface area contributed by atoms with E-state index in [0.29, 0.717) is 12.1 Å². The standard InChI is InChI=1S/C14H18N4O/c1-9-5-12(6-10(2)16-9)14(19)18(4)8-13-7-15-17-11(13)3/h5-7H,8H2,1-4H3,(H,15,17). The Kier molecular flexibility index (Phi) is 3.64. The first-order chi connectivity index (χ1) is 8.97. The van der Waals surface area contributed by atoms with Gasteiger partial charge < -0.3 is 4.90 Å². The van der Waals surface area contributed by atoms with E-state index in [1.54, 1.807) is 18.1 Å². The van der Waals surface area contributed by atoms with E-state index in [4.69, 9.17) is 0 Å². The number of carbonyl (C=O) groups is 1. The van der Waals surface area contributed by atoms with Gasteiger partial charge in [0, 0.05) is 41.8 Å². The number of aromatic nitrogens is 3. The Bertz CT molecular complexity index is 583. The molecule has 19 heavy (non-hydrogen) atoms. The fourth-order valence-electron chi connectivity index (χ4n) is 2.04. The van der Waals surface area contributed by atoms with Crippen molar-refractivity contribution < 1.29 is 4.79 Å². The molecule has 5 heteroatoms. The number of nitrogens with zero attached hydrogens (tertiary/aromatic N) is 3. The van der Waals surface area contributed by atoms with Crippen molar-refractivity contribution in [1.29, 1.82) is 0 Å². The van der Waals surface area contributed by atoms with Crippen LogP contribution in [-0.2, 0) is 6.54 Å². The van der Waals surface area contributed by atoms with Crippen LogP contribution in [0.25, 0.3) is 0 Å². The molecule has 0 aliphatic heterocycles. The zero-order chi connectivity index (χ0) is 14.0. The van der Waals surface area contributed by atoms with Crippen molar-refractivity contribution in [3.63, 3.8) is 0 Å². The quantitative estimate of drug-likeness (QED) is 0.916. The lowest BCUT2D eigenvalue weighted by molar-refractivity contribution is 0.0784. The van der Waals surface area contributed by atoms with E-state index in [9.17, 15) is 4.79 Å². The highest BCUT2D eigenvalue weighted by atomic mass is 16.2. The normalized spacial score (nSPS) is 10.5. The number of aromatic amines is 1. The molecule has 2 aromatic heterocycles. The highest BCUT2D eigenvalue weighted by molar-refractivity contribution is 5.94. The van der Waals surface area contributed by atoms with Gasteiger partial charge in [-0.1, -0.05) is 0 Å². The molecular formula is C14H18N4O. The summed E-state index contributed by atoms with van der Waals surface area (Å²) >= 11 is 0. The molecule has 2 aromatic rings. The monoisotopic (exact) mass is 258 g/mol. The molecule has 5 nitrogen and oxygen atoms in total. The number of nitrogens with one attached hydrogen (secondary N) is 1. The van der Waals surface area contributed by atoms with Crippen molar-refractivity contribution in [3.8, 4) is 0 Å². The van der Waals surface area contributed by atoms with Crippen molar-refractivity contribution in [2.75, 3.05) is 7.05 Å². The molecule has 0 spiro atoms. The van der Waals surface area contributed by atoms with Gasteiger partial charge in [-0.2, -0.15) is 5.10 Å². The lowest BCUT2D eigenvalue weighted by Crippen LogP contribution is -2.26. The van der Waals surface area contributed by atoms with Gasteiger partial charge in [0.25, 0.3) is 5.91 Å². The van der Waals surface area contributed by atoms with Crippen molar-refractivity contribution in [3.05, 3.63) is 46.5 Å². The molecule has 0 aromatic carbocycles. The first-order valence-corrected chi connectivity index (χ1v) is 6.17. The molecular weight excluding hydrogens is 240 g/mol. The molecule has 0 radical (unpaired) electrons. The number of hydrogen-bond acceptors (Lipinski definition) is 3. The van der Waals surface area contributed by atoms with Gasteiger partial charge >= 0.3 is 0 Å². The average Bonchev–Trinajstić information content (AvgIpc) is 2.72. The predicted octanol–water partition coefficient (Wildman–Crippen LogP) is 2.00. The minimum absolute atomic E-state index is 0.00537. The SMILES string of the molecule is Cc1cc(C(=O)N(C)Cc2cn[nH]c2C)cc(C)n1. The minimum Gasteiger partial charge on any atom is -0.337 e. The Morgan fingerprint density at radius 1 is 1.26 bits per heavy atom. The third-order valence-corrected chi connectivity index (χ3v) is 3.02. The summed E-state index contributed by atoms with van der Waals surface area (Å²) in [7, 11) is 1.79. The highest BCUT2D eigenvalue weighted by Gasteiger charge is 2.14. The van der Waals surface area contributed by atoms with E-state index in [-0.39, 0.29) is 5.91 Å². The topological polar surface area (TPSA) is 61.9 Å². The third-order valence-electron chi connectivity index (χ3n) is 3.02. The van der Waals surface area contributed by atoms with Crippen LogP contribution in [0.3, 0.4) is 0 Å². The van der Waals surface area contributed by atoms with Crippen LogP contribution in [0.15, 0.2) is 18.3 Å². The summed E-state index contributed by atoms with van der Waals surface area (Å²) < 4.78 is 0. The predicted molar refractivity (Wildman–Crippen MR) is 72.8 cm³/mol. The second-order valence-corrected chi connectivity index (χ2v) is 4.82. The van der Waals surface area contributed by atoms with Gasteiger partial charge in [-0.3, -0.25) is 14.9 Å². The Balaban J connectivity index is 2.17. The van der Waals surface area contributed by atoms with E-state index in [2.05, 4.69) is 15.2 Å². The number of pyridine rings is 1. The van der Waals surface area contributed by atoms with E-state index < -0.39 is 0 Å². The number of amides is 1. The van der Waals surface area contributed by atoms with Crippen molar-refractivity contribution >= 4 is 5.91 Å². The van der Waals surface area contributed by atoms with E-state index in [1.807, 2.05) is 32.9 Å². The fraction of sp³-hybridized carbons (Fsp3) is 0.357. The molecule has 0 aliphatic carbocycles. The number of aryl methyl sites for hydroxylation is 3. The molecule has 2 rings (SSSR count). The summed E-state index contributed by atoms with van der Waals surface area (Å²) in [5.41, 5.74) is 4.40. The van der Waals surface area contributed by atoms with Crippen molar-refractivity contribution in [2.45, 2.75) is 27.3 Å². The molecule has 0 bridgehead atoms. The molecule has 0 saturated carbocycles. The average molecular weight is 258 g/mol. The second kappa shape index (κ2) is 5.22. The Labute approximate surface area is 112 Å². The van der Waals surface area contributed by atoms with Gasteiger partial charge in [-0.15, -0.1) is 0 Å². The van der Waals surface area contributed by atoms with Crippen molar-refractivity contribution in [1.82, 2.24) is 20.1 Å². The van der Waals surface area contributed by atoms with Gasteiger partial charge in [0.2, 0.25) is 0 Å². The third kappa shape index (κ3) is 2.99. The van der Waals surface area contributed by atoms with Crippen LogP contribution < -0.4 is 0 Å². The second-order valence-electron chi connectivity index (χ2n) is 4.82. The van der Waals surface area contributed by atoms with Gasteiger partial charge in [-0.25, -0.2) is 0 Å². The smallest absolute Gasteiger partial charge is 0.254 e. The first-order valence-electron chi connectivity index (χ1n) is 6.17. The zero-order valence-corrected chi connectivity index (χ0v) is 11.7. The summed E-state index contributed by atoms with van der Waals surface area (Å²) in [5, 5.41) is 6.84. The van der Waals surface area contributed by atoms with Gasteiger partial charge in [-0.05, 0) is 32.9 Å². The Hall–Kier alpha value is -2.17. The van der Waals surface area contributed by atoms with Crippen LogP contribution in [-0.4, -0.2) is 33.0 Å². The summed E-state index contributed by atoms with van der Waals surface area (Å²) in [5.74, 6) is -0.00537. The molecule has 1 amide bonds. The van der Waals surface area contributed by atoms with Crippen molar-refractivity contribution in [2.24, 2.45) is 0 Å². The van der Waals surface area contributed by atoms with Gasteiger partial charge in [0.05, 0.1) is 6.20 Å². The number of carbonyl (C=O) groups excluding carboxylic acids is 1. The molecule has 2 heterocycles.